The molecule has 166 valence electrons. The summed E-state index contributed by atoms with van der Waals surface area (Å²) in [7, 11) is 1.44. The summed E-state index contributed by atoms with van der Waals surface area (Å²) in [5.41, 5.74) is -1.14. The van der Waals surface area contributed by atoms with Crippen LogP contribution in [0.3, 0.4) is 0 Å². The summed E-state index contributed by atoms with van der Waals surface area (Å²) >= 11 is 1.15. The van der Waals surface area contributed by atoms with Crippen LogP contribution in [0, 0.1) is 6.92 Å². The van der Waals surface area contributed by atoms with Gasteiger partial charge in [0.2, 0.25) is 0 Å². The fourth-order valence-electron chi connectivity index (χ4n) is 3.28. The number of hydrogen-bond donors (Lipinski definition) is 1. The van der Waals surface area contributed by atoms with Crippen LogP contribution in [0.4, 0.5) is 13.2 Å². The zero-order chi connectivity index (χ0) is 22.5. The average molecular weight is 446 g/mol. The van der Waals surface area contributed by atoms with Crippen LogP contribution in [-0.2, 0) is 16.8 Å². The van der Waals surface area contributed by atoms with Crippen LogP contribution in [0.25, 0.3) is 10.2 Å². The first-order chi connectivity index (χ1) is 13.8. The van der Waals surface area contributed by atoms with Crippen molar-refractivity contribution in [1.29, 1.82) is 0 Å². The Morgan fingerprint density at radius 2 is 1.90 bits per heavy atom. The van der Waals surface area contributed by atoms with E-state index in [9.17, 15) is 22.8 Å². The molecule has 1 fully saturated rings. The number of aryl methyl sites for hydroxylation is 1. The lowest BCUT2D eigenvalue weighted by atomic mass is 10.1. The van der Waals surface area contributed by atoms with Crippen molar-refractivity contribution in [3.8, 4) is 0 Å². The highest BCUT2D eigenvalue weighted by molar-refractivity contribution is 7.20. The Morgan fingerprint density at radius 1 is 1.27 bits per heavy atom. The predicted molar refractivity (Wildman–Crippen MR) is 111 cm³/mol. The van der Waals surface area contributed by atoms with Crippen molar-refractivity contribution in [2.45, 2.75) is 64.3 Å². The fourth-order valence-corrected chi connectivity index (χ4v) is 4.47. The van der Waals surface area contributed by atoms with Crippen LogP contribution in [0.1, 0.15) is 44.1 Å². The zero-order valence-electron chi connectivity index (χ0n) is 17.5. The van der Waals surface area contributed by atoms with Crippen LogP contribution in [0.2, 0.25) is 0 Å². The van der Waals surface area contributed by atoms with Crippen molar-refractivity contribution in [2.24, 2.45) is 5.10 Å². The Balaban J connectivity index is 2.27. The molecule has 0 aromatic carbocycles. The molecular formula is C19H25F3N4O3S. The molecule has 1 aliphatic rings. The van der Waals surface area contributed by atoms with Gasteiger partial charge in [0.15, 0.2) is 0 Å². The minimum atomic E-state index is -4.69. The van der Waals surface area contributed by atoms with Gasteiger partial charge in [-0.2, -0.15) is 18.3 Å². The van der Waals surface area contributed by atoms with Gasteiger partial charge >= 0.3 is 11.9 Å². The topological polar surface area (TPSA) is 77.6 Å². The van der Waals surface area contributed by atoms with Crippen molar-refractivity contribution in [3.63, 3.8) is 0 Å². The number of thiophene rings is 1. The first kappa shape index (κ1) is 22.5. The van der Waals surface area contributed by atoms with E-state index in [-0.39, 0.29) is 36.9 Å². The van der Waals surface area contributed by atoms with E-state index >= 15 is 0 Å². The van der Waals surface area contributed by atoms with Crippen LogP contribution < -0.4 is 16.7 Å². The summed E-state index contributed by atoms with van der Waals surface area (Å²) in [6.07, 6.45) is -3.73. The van der Waals surface area contributed by atoms with Crippen LogP contribution >= 0.6 is 11.3 Å². The molecule has 2 aromatic heterocycles. The highest BCUT2D eigenvalue weighted by Crippen LogP contribution is 2.54. The maximum Gasteiger partial charge on any atom is 0.412 e. The van der Waals surface area contributed by atoms with Gasteiger partial charge in [0.05, 0.1) is 29.6 Å². The van der Waals surface area contributed by atoms with Crippen LogP contribution in [0.5, 0.6) is 0 Å². The number of aromatic nitrogens is 2. The molecule has 7 nitrogen and oxygen atoms in total. The van der Waals surface area contributed by atoms with Crippen molar-refractivity contribution < 1.29 is 17.9 Å². The Hall–Kier alpha value is -2.14. The van der Waals surface area contributed by atoms with E-state index in [4.69, 9.17) is 4.74 Å². The summed E-state index contributed by atoms with van der Waals surface area (Å²) < 4.78 is 47.9. The Bertz CT molecular complexity index is 1100. The van der Waals surface area contributed by atoms with E-state index in [2.05, 4.69) is 10.5 Å². The molecule has 0 spiro atoms. The van der Waals surface area contributed by atoms with Crippen LogP contribution in [-0.4, -0.2) is 40.8 Å². The van der Waals surface area contributed by atoms with E-state index in [1.165, 1.54) is 17.9 Å². The van der Waals surface area contributed by atoms with Crippen molar-refractivity contribution in [2.75, 3.05) is 13.7 Å². The quantitative estimate of drug-likeness (QED) is 0.547. The first-order valence-electron chi connectivity index (χ1n) is 9.49. The maximum atomic E-state index is 13.8. The fraction of sp³-hybridized carbons (Fsp3) is 0.632. The third-order valence-electron chi connectivity index (χ3n) is 5.03. The normalized spacial score (nSPS) is 16.5. The van der Waals surface area contributed by atoms with Gasteiger partial charge in [0.1, 0.15) is 10.4 Å². The number of rotatable bonds is 6. The molecule has 0 bridgehead atoms. The second-order valence-electron chi connectivity index (χ2n) is 8.49. The lowest BCUT2D eigenvalue weighted by Crippen LogP contribution is -2.51. The highest BCUT2D eigenvalue weighted by atomic mass is 32.1. The lowest BCUT2D eigenvalue weighted by molar-refractivity contribution is -0.181. The van der Waals surface area contributed by atoms with Crippen molar-refractivity contribution in [1.82, 2.24) is 14.6 Å². The Kier molecular flexibility index (Phi) is 5.65. The molecule has 11 heteroatoms. The van der Waals surface area contributed by atoms with Gasteiger partial charge in [-0.1, -0.05) is 0 Å². The van der Waals surface area contributed by atoms with E-state index in [0.29, 0.717) is 19.8 Å². The molecule has 2 heterocycles. The molecule has 0 atom stereocenters. The lowest BCUT2D eigenvalue weighted by Gasteiger charge is -2.22. The number of hydrazone groups is 1. The summed E-state index contributed by atoms with van der Waals surface area (Å²) in [6, 6.07) is 0. The highest BCUT2D eigenvalue weighted by Gasteiger charge is 2.66. The van der Waals surface area contributed by atoms with E-state index in [1.54, 1.807) is 6.92 Å². The second-order valence-corrected chi connectivity index (χ2v) is 9.52. The van der Waals surface area contributed by atoms with Gasteiger partial charge in [0.25, 0.3) is 5.56 Å². The van der Waals surface area contributed by atoms with Crippen molar-refractivity contribution in [3.05, 3.63) is 31.3 Å². The zero-order valence-corrected chi connectivity index (χ0v) is 18.3. The number of ether oxygens (including phenoxy) is 1. The molecule has 30 heavy (non-hydrogen) atoms. The van der Waals surface area contributed by atoms with Gasteiger partial charge in [-0.25, -0.2) is 9.36 Å². The summed E-state index contributed by atoms with van der Waals surface area (Å²) in [6.45, 7) is 7.59. The minimum Gasteiger partial charge on any atom is -0.383 e. The van der Waals surface area contributed by atoms with Gasteiger partial charge in [-0.15, -0.1) is 11.3 Å². The first-order valence-corrected chi connectivity index (χ1v) is 10.3. The standard InChI is InChI=1S/C19H25F3N4O3S/c1-11-12(10-23-24-17(2,3)4)30-15-13(11)14(27)26(16(28)25(15)8-9-29-5)18(6-7-18)19(20,21)22/h10,24H,6-9H2,1-5H3. The third-order valence-corrected chi connectivity index (χ3v) is 6.28. The molecule has 1 N–H and O–H groups in total. The third kappa shape index (κ3) is 3.80. The molecule has 1 saturated carbocycles. The number of halogens is 3. The number of alkyl halides is 3. The molecule has 0 amide bonds. The van der Waals surface area contributed by atoms with E-state index in [1.807, 2.05) is 20.8 Å². The van der Waals surface area contributed by atoms with Gasteiger partial charge < -0.3 is 10.2 Å². The SMILES string of the molecule is COCCn1c(=O)n(C2(C(F)(F)F)CC2)c(=O)c2c(C)c(C=NNC(C)(C)C)sc21. The van der Waals surface area contributed by atoms with Gasteiger partial charge in [-0.3, -0.25) is 9.36 Å². The number of nitrogens with one attached hydrogen (secondary N) is 1. The van der Waals surface area contributed by atoms with E-state index < -0.39 is 23.0 Å². The molecule has 0 saturated heterocycles. The minimum absolute atomic E-state index is 0.0385. The smallest absolute Gasteiger partial charge is 0.383 e. The maximum absolute atomic E-state index is 13.8. The molecule has 0 unspecified atom stereocenters. The number of methoxy groups -OCH3 is 1. The molecule has 3 rings (SSSR count). The molecule has 0 aliphatic heterocycles. The van der Waals surface area contributed by atoms with Gasteiger partial charge in [0, 0.05) is 12.6 Å². The largest absolute Gasteiger partial charge is 0.412 e. The molecular weight excluding hydrogens is 421 g/mol. The predicted octanol–water partition coefficient (Wildman–Crippen LogP) is 2.95. The number of hydrogen-bond acceptors (Lipinski definition) is 6. The summed E-state index contributed by atoms with van der Waals surface area (Å²) in [4.78, 5) is 27.1. The summed E-state index contributed by atoms with van der Waals surface area (Å²) in [5, 5.41) is 4.28. The second kappa shape index (κ2) is 7.52. The van der Waals surface area contributed by atoms with Gasteiger partial charge in [-0.05, 0) is 46.1 Å². The number of fused-ring (bicyclic) bond motifs is 1. The number of nitrogens with zero attached hydrogens (tertiary/aromatic N) is 3. The molecule has 1 aliphatic carbocycles. The van der Waals surface area contributed by atoms with E-state index in [0.717, 1.165) is 11.3 Å². The monoisotopic (exact) mass is 446 g/mol. The van der Waals surface area contributed by atoms with Crippen LogP contribution in [0.15, 0.2) is 14.7 Å². The van der Waals surface area contributed by atoms with Crippen molar-refractivity contribution >= 4 is 27.8 Å². The Morgan fingerprint density at radius 3 is 2.40 bits per heavy atom. The summed E-state index contributed by atoms with van der Waals surface area (Å²) in [5.74, 6) is 0. The molecule has 2 aromatic rings. The Labute approximate surface area is 175 Å². The molecule has 0 radical (unpaired) electrons. The average Bonchev–Trinajstić information content (AvgIpc) is 3.34.